The van der Waals surface area contributed by atoms with E-state index in [1.165, 1.54) is 6.92 Å². The molecule has 3 atom stereocenters. The van der Waals surface area contributed by atoms with E-state index in [0.717, 1.165) is 5.56 Å². The molecule has 3 fully saturated rings. The largest absolute Gasteiger partial charge is 0.444 e. The third kappa shape index (κ3) is 6.53. The van der Waals surface area contributed by atoms with Gasteiger partial charge in [-0.25, -0.2) is 4.79 Å². The van der Waals surface area contributed by atoms with E-state index in [-0.39, 0.29) is 41.2 Å². The van der Waals surface area contributed by atoms with Crippen molar-refractivity contribution in [2.75, 3.05) is 45.8 Å². The molecule has 3 saturated heterocycles. The fourth-order valence-corrected chi connectivity index (χ4v) is 6.44. The number of urea groups is 1. The molecule has 2 aromatic carbocycles. The van der Waals surface area contributed by atoms with Gasteiger partial charge in [-0.05, 0) is 49.1 Å². The first-order valence-electron chi connectivity index (χ1n) is 14.5. The summed E-state index contributed by atoms with van der Waals surface area (Å²) in [5.74, 6) is -0.451. The number of nitrogens with zero attached hydrogens (tertiary/aromatic N) is 3. The Morgan fingerprint density at radius 1 is 0.977 bits per heavy atom. The first-order chi connectivity index (χ1) is 20.3. The van der Waals surface area contributed by atoms with Crippen molar-refractivity contribution in [1.29, 1.82) is 0 Å². The summed E-state index contributed by atoms with van der Waals surface area (Å²) < 4.78 is 87.2. The number of piperazine rings is 1. The zero-order valence-corrected chi connectivity index (χ0v) is 23.8. The molecule has 2 aromatic rings. The van der Waals surface area contributed by atoms with Crippen molar-refractivity contribution in [1.82, 2.24) is 15.2 Å². The quantitative estimate of drug-likeness (QED) is 0.346. The number of carbonyl (C=O) groups is 2. The van der Waals surface area contributed by atoms with Crippen LogP contribution >= 0.6 is 0 Å². The summed E-state index contributed by atoms with van der Waals surface area (Å²) in [5, 5.41) is 4.93. The lowest BCUT2D eigenvalue weighted by molar-refractivity contribution is -0.956. The molecule has 3 heterocycles. The molecule has 0 radical (unpaired) electrons. The number of carbonyl (C=O) groups excluding carboxylic acids is 2. The van der Waals surface area contributed by atoms with Crippen LogP contribution in [0.5, 0.6) is 0 Å². The van der Waals surface area contributed by atoms with Crippen LogP contribution in [0.15, 0.2) is 48.5 Å². The summed E-state index contributed by atoms with van der Waals surface area (Å²) >= 11 is 0. The highest BCUT2D eigenvalue weighted by Gasteiger charge is 2.52. The van der Waals surface area contributed by atoms with Gasteiger partial charge < -0.3 is 10.1 Å². The summed E-state index contributed by atoms with van der Waals surface area (Å²) in [6.45, 7) is 4.46. The first kappa shape index (κ1) is 31.3. The Bertz CT molecular complexity index is 1280. The topological polar surface area (TPSA) is 61.9 Å². The Labute approximate surface area is 245 Å². The molecular formula is C30H35F6N4O3+. The molecule has 0 unspecified atom stereocenters. The third-order valence-electron chi connectivity index (χ3n) is 8.69. The molecule has 7 nitrogen and oxygen atoms in total. The minimum atomic E-state index is -4.96. The number of likely N-dealkylation sites (tertiary alicyclic amines) is 1. The molecule has 43 heavy (non-hydrogen) atoms. The smallest absolute Gasteiger partial charge is 0.370 e. The van der Waals surface area contributed by atoms with Gasteiger partial charge in [0, 0.05) is 38.5 Å². The van der Waals surface area contributed by atoms with Crippen LogP contribution < -0.4 is 5.32 Å². The van der Waals surface area contributed by atoms with E-state index in [1.54, 1.807) is 9.91 Å². The third-order valence-corrected chi connectivity index (χ3v) is 8.69. The number of hydrogen-bond donors (Lipinski definition) is 1. The van der Waals surface area contributed by atoms with Crippen LogP contribution in [0.2, 0.25) is 0 Å². The van der Waals surface area contributed by atoms with Gasteiger partial charge in [-0.15, -0.1) is 4.59 Å². The predicted octanol–water partition coefficient (Wildman–Crippen LogP) is 5.74. The molecule has 3 amide bonds. The maximum absolute atomic E-state index is 14.2. The Kier molecular flexibility index (Phi) is 8.79. The fourth-order valence-electron chi connectivity index (χ4n) is 6.44. The second kappa shape index (κ2) is 12.1. The van der Waals surface area contributed by atoms with E-state index in [2.05, 4.69) is 5.32 Å². The lowest BCUT2D eigenvalue weighted by atomic mass is 9.87. The van der Waals surface area contributed by atoms with Gasteiger partial charge in [0.05, 0.1) is 29.9 Å². The van der Waals surface area contributed by atoms with Crippen LogP contribution in [0.4, 0.5) is 31.1 Å². The molecule has 0 aliphatic carbocycles. The second-order valence-electron chi connectivity index (χ2n) is 11.4. The maximum atomic E-state index is 14.2. The zero-order chi connectivity index (χ0) is 31.0. The van der Waals surface area contributed by atoms with Crippen molar-refractivity contribution >= 4 is 11.9 Å². The van der Waals surface area contributed by atoms with Crippen LogP contribution in [0, 0.1) is 0 Å². The van der Waals surface area contributed by atoms with Gasteiger partial charge in [0.15, 0.2) is 0 Å². The van der Waals surface area contributed by atoms with Gasteiger partial charge >= 0.3 is 18.4 Å². The van der Waals surface area contributed by atoms with Gasteiger partial charge in [0.25, 0.3) is 5.91 Å². The summed E-state index contributed by atoms with van der Waals surface area (Å²) in [4.78, 5) is 28.7. The van der Waals surface area contributed by atoms with Crippen molar-refractivity contribution in [2.45, 2.75) is 56.7 Å². The van der Waals surface area contributed by atoms with Crippen molar-refractivity contribution in [3.05, 3.63) is 70.8 Å². The lowest BCUT2D eigenvalue weighted by Gasteiger charge is -2.47. The number of nitrogens with one attached hydrogen (secondary N) is 1. The highest BCUT2D eigenvalue weighted by molar-refractivity contribution is 5.79. The Morgan fingerprint density at radius 3 is 2.16 bits per heavy atom. The molecule has 0 spiro atoms. The number of benzene rings is 2. The molecule has 5 rings (SSSR count). The monoisotopic (exact) mass is 613 g/mol. The second-order valence-corrected chi connectivity index (χ2v) is 11.4. The molecule has 1 N–H and O–H groups in total. The van der Waals surface area contributed by atoms with E-state index >= 15 is 0 Å². The Morgan fingerprint density at radius 2 is 1.60 bits per heavy atom. The van der Waals surface area contributed by atoms with Crippen molar-refractivity contribution < 1.29 is 45.3 Å². The summed E-state index contributed by atoms with van der Waals surface area (Å²) in [7, 11) is 0. The highest BCUT2D eigenvalue weighted by Crippen LogP contribution is 2.40. The molecular weight excluding hydrogens is 578 g/mol. The number of ether oxygens (including phenoxy) is 1. The minimum Gasteiger partial charge on any atom is -0.370 e. The Hall–Kier alpha value is -3.16. The first-order valence-corrected chi connectivity index (χ1v) is 14.5. The van der Waals surface area contributed by atoms with Gasteiger partial charge in [-0.2, -0.15) is 31.4 Å². The van der Waals surface area contributed by atoms with Crippen LogP contribution in [0.25, 0.3) is 0 Å². The normalized spacial score (nSPS) is 23.8. The SMILES string of the molecule is C[C@@H](O[C@H]1CCN(C(=O)[N+]2(N3CCCC3=O)CCNCC2)C[C@H]1c1ccccc1)c1cc(C(F)(F)F)cc(C(F)(F)F)c1. The molecule has 13 heteroatoms. The number of quaternary nitrogens is 1. The Balaban J connectivity index is 1.42. The van der Waals surface area contributed by atoms with Crippen LogP contribution in [-0.4, -0.2) is 78.4 Å². The number of piperidine rings is 1. The molecule has 0 saturated carbocycles. The van der Waals surface area contributed by atoms with E-state index in [9.17, 15) is 35.9 Å². The lowest BCUT2D eigenvalue weighted by Crippen LogP contribution is -2.73. The molecule has 3 aliphatic heterocycles. The fraction of sp³-hybridized carbons (Fsp3) is 0.533. The summed E-state index contributed by atoms with van der Waals surface area (Å²) in [5.41, 5.74) is -2.18. The summed E-state index contributed by atoms with van der Waals surface area (Å²) in [6.07, 6.45) is -10.2. The molecule has 3 aliphatic rings. The van der Waals surface area contributed by atoms with Gasteiger partial charge in [-0.1, -0.05) is 30.3 Å². The summed E-state index contributed by atoms with van der Waals surface area (Å²) in [6, 6.07) is 10.5. The number of hydrogen-bond acceptors (Lipinski definition) is 4. The van der Waals surface area contributed by atoms with Crippen molar-refractivity contribution in [3.8, 4) is 0 Å². The van der Waals surface area contributed by atoms with Crippen LogP contribution in [0.1, 0.15) is 60.5 Å². The standard InChI is InChI=1S/C30H35F6N4O3/c1-20(22-16-23(29(31,32)33)18-24(17-22)30(34,35)36)43-26-9-13-38(19-25(26)21-6-3-2-4-7-21)28(42)40(14-10-37-11-15-40)39-12-5-8-27(39)41/h2-4,6-7,16-18,20,25-26,37H,5,8-15,19H2,1H3/q+1/t20-,25+,26+/m1/s1. The van der Waals surface area contributed by atoms with Gasteiger partial charge in [0.1, 0.15) is 13.1 Å². The minimum absolute atomic E-state index is 0.0544. The van der Waals surface area contributed by atoms with Crippen molar-refractivity contribution in [2.24, 2.45) is 0 Å². The number of amides is 3. The van der Waals surface area contributed by atoms with Crippen LogP contribution in [-0.2, 0) is 21.9 Å². The van der Waals surface area contributed by atoms with Crippen LogP contribution in [0.3, 0.4) is 0 Å². The molecule has 234 valence electrons. The highest BCUT2D eigenvalue weighted by atomic mass is 19.4. The van der Waals surface area contributed by atoms with E-state index < -0.39 is 41.6 Å². The average molecular weight is 614 g/mol. The van der Waals surface area contributed by atoms with E-state index in [4.69, 9.17) is 4.74 Å². The average Bonchev–Trinajstić information content (AvgIpc) is 3.43. The number of halogens is 6. The van der Waals surface area contributed by atoms with Crippen molar-refractivity contribution in [3.63, 3.8) is 0 Å². The van der Waals surface area contributed by atoms with E-state index in [0.29, 0.717) is 64.1 Å². The van der Waals surface area contributed by atoms with E-state index in [1.807, 2.05) is 30.3 Å². The maximum Gasteiger partial charge on any atom is 0.444 e. The predicted molar refractivity (Wildman–Crippen MR) is 144 cm³/mol. The molecule has 0 aromatic heterocycles. The number of rotatable bonds is 5. The van der Waals surface area contributed by atoms with Gasteiger partial charge in [-0.3, -0.25) is 9.69 Å². The number of alkyl halides is 6. The zero-order valence-electron chi connectivity index (χ0n) is 23.8. The molecule has 0 bridgehead atoms. The van der Waals surface area contributed by atoms with Gasteiger partial charge in [0.2, 0.25) is 0 Å².